The summed E-state index contributed by atoms with van der Waals surface area (Å²) in [5.74, 6) is -0.123. The summed E-state index contributed by atoms with van der Waals surface area (Å²) in [7, 11) is 1.64. The van der Waals surface area contributed by atoms with Gasteiger partial charge in [-0.25, -0.2) is 9.37 Å². The number of anilines is 3. The van der Waals surface area contributed by atoms with Gasteiger partial charge in [0.25, 0.3) is 5.56 Å². The van der Waals surface area contributed by atoms with Crippen molar-refractivity contribution in [1.82, 2.24) is 9.97 Å². The molecule has 5 nitrogen and oxygen atoms in total. The molecule has 3 N–H and O–H groups in total. The average molecular weight is 284 g/mol. The van der Waals surface area contributed by atoms with Gasteiger partial charge in [0.2, 0.25) is 5.95 Å². The topological polar surface area (TPSA) is 75.0 Å². The van der Waals surface area contributed by atoms with Crippen LogP contribution in [0, 0.1) is 5.82 Å². The van der Waals surface area contributed by atoms with Crippen LogP contribution in [0.15, 0.2) is 47.3 Å². The van der Waals surface area contributed by atoms with E-state index in [9.17, 15) is 9.18 Å². The van der Waals surface area contributed by atoms with E-state index < -0.39 is 0 Å². The lowest BCUT2D eigenvalue weighted by Gasteiger charge is -2.18. The third-order valence-corrected chi connectivity index (χ3v) is 3.25. The highest BCUT2D eigenvalue weighted by molar-refractivity contribution is 5.82. The third kappa shape index (κ3) is 2.31. The maximum Gasteiger partial charge on any atom is 0.260 e. The number of rotatable bonds is 2. The van der Waals surface area contributed by atoms with E-state index in [1.165, 1.54) is 11.0 Å². The highest BCUT2D eigenvalue weighted by Gasteiger charge is 2.12. The van der Waals surface area contributed by atoms with Gasteiger partial charge in [-0.1, -0.05) is 12.1 Å². The summed E-state index contributed by atoms with van der Waals surface area (Å²) in [4.78, 5) is 20.6. The van der Waals surface area contributed by atoms with E-state index in [1.54, 1.807) is 43.4 Å². The Morgan fingerprint density at radius 2 is 2.00 bits per heavy atom. The van der Waals surface area contributed by atoms with Crippen LogP contribution in [0.2, 0.25) is 0 Å². The van der Waals surface area contributed by atoms with Crippen LogP contribution in [0.3, 0.4) is 0 Å². The number of nitrogens with two attached hydrogens (primary N) is 1. The van der Waals surface area contributed by atoms with Gasteiger partial charge < -0.3 is 10.6 Å². The number of nitrogen functional groups attached to an aromatic ring is 1. The van der Waals surface area contributed by atoms with Crippen LogP contribution < -0.4 is 16.2 Å². The van der Waals surface area contributed by atoms with Crippen LogP contribution in [0.5, 0.6) is 0 Å². The van der Waals surface area contributed by atoms with E-state index in [1.807, 2.05) is 0 Å². The van der Waals surface area contributed by atoms with E-state index >= 15 is 0 Å². The summed E-state index contributed by atoms with van der Waals surface area (Å²) < 4.78 is 13.8. The molecule has 0 amide bonds. The van der Waals surface area contributed by atoms with Crippen LogP contribution >= 0.6 is 0 Å². The highest BCUT2D eigenvalue weighted by Crippen LogP contribution is 2.23. The first-order valence-corrected chi connectivity index (χ1v) is 6.34. The van der Waals surface area contributed by atoms with Crippen LogP contribution in [0.25, 0.3) is 10.9 Å². The van der Waals surface area contributed by atoms with Gasteiger partial charge in [0.15, 0.2) is 0 Å². The number of halogens is 1. The summed E-state index contributed by atoms with van der Waals surface area (Å²) in [6.45, 7) is 0. The number of benzene rings is 2. The van der Waals surface area contributed by atoms with E-state index in [4.69, 9.17) is 5.73 Å². The number of H-pyrrole nitrogens is 1. The summed E-state index contributed by atoms with van der Waals surface area (Å²) in [6.07, 6.45) is 0. The number of hydrogen-bond acceptors (Lipinski definition) is 4. The second-order valence-electron chi connectivity index (χ2n) is 4.68. The molecule has 0 aliphatic carbocycles. The van der Waals surface area contributed by atoms with Crippen LogP contribution in [-0.4, -0.2) is 17.0 Å². The van der Waals surface area contributed by atoms with Gasteiger partial charge in [-0.3, -0.25) is 9.78 Å². The Morgan fingerprint density at radius 3 is 2.76 bits per heavy atom. The lowest BCUT2D eigenvalue weighted by molar-refractivity contribution is 0.627. The van der Waals surface area contributed by atoms with Gasteiger partial charge in [-0.15, -0.1) is 0 Å². The van der Waals surface area contributed by atoms with Gasteiger partial charge in [0.05, 0.1) is 16.6 Å². The zero-order valence-corrected chi connectivity index (χ0v) is 11.3. The highest BCUT2D eigenvalue weighted by atomic mass is 19.1. The normalized spacial score (nSPS) is 10.8. The Hall–Kier alpha value is -2.89. The number of nitrogens with one attached hydrogen (secondary N) is 1. The molecule has 1 aromatic heterocycles. The third-order valence-electron chi connectivity index (χ3n) is 3.25. The van der Waals surface area contributed by atoms with Crippen molar-refractivity contribution < 1.29 is 4.39 Å². The molecule has 3 rings (SSSR count). The van der Waals surface area contributed by atoms with Crippen LogP contribution in [-0.2, 0) is 0 Å². The zero-order chi connectivity index (χ0) is 15.0. The smallest absolute Gasteiger partial charge is 0.260 e. The molecule has 0 fully saturated rings. The van der Waals surface area contributed by atoms with Crippen molar-refractivity contribution >= 4 is 28.2 Å². The fourth-order valence-corrected chi connectivity index (χ4v) is 2.14. The molecule has 106 valence electrons. The Morgan fingerprint density at radius 1 is 1.24 bits per heavy atom. The van der Waals surface area contributed by atoms with E-state index in [0.29, 0.717) is 22.3 Å². The van der Waals surface area contributed by atoms with Crippen LogP contribution in [0.4, 0.5) is 21.7 Å². The lowest BCUT2D eigenvalue weighted by Crippen LogP contribution is -2.19. The molecule has 0 atom stereocenters. The SMILES string of the molecule is CN(c1nc2ccc(N)cc2c(=O)[nH]1)c1ccccc1F. The molecule has 0 aliphatic heterocycles. The van der Waals surface area contributed by atoms with Gasteiger partial charge >= 0.3 is 0 Å². The fourth-order valence-electron chi connectivity index (χ4n) is 2.14. The minimum atomic E-state index is -0.389. The molecule has 0 radical (unpaired) electrons. The van der Waals surface area contributed by atoms with Crippen molar-refractivity contribution in [3.8, 4) is 0 Å². The molecule has 1 heterocycles. The van der Waals surface area contributed by atoms with Crippen molar-refractivity contribution in [2.24, 2.45) is 0 Å². The molecule has 0 unspecified atom stereocenters. The summed E-state index contributed by atoms with van der Waals surface area (Å²) in [6, 6.07) is 11.2. The molecule has 0 saturated heterocycles. The Labute approximate surface area is 119 Å². The first kappa shape index (κ1) is 13.1. The maximum atomic E-state index is 13.8. The van der Waals surface area contributed by atoms with Gasteiger partial charge in [0, 0.05) is 12.7 Å². The van der Waals surface area contributed by atoms with E-state index in [2.05, 4.69) is 9.97 Å². The molecule has 21 heavy (non-hydrogen) atoms. The number of aromatic nitrogens is 2. The molecule has 3 aromatic rings. The first-order chi connectivity index (χ1) is 10.1. The second-order valence-corrected chi connectivity index (χ2v) is 4.68. The Bertz CT molecular complexity index is 875. The first-order valence-electron chi connectivity index (χ1n) is 6.34. The number of aromatic amines is 1. The van der Waals surface area contributed by atoms with Crippen molar-refractivity contribution in [3.63, 3.8) is 0 Å². The summed E-state index contributed by atoms with van der Waals surface area (Å²) >= 11 is 0. The molecule has 0 saturated carbocycles. The molecule has 0 spiro atoms. The lowest BCUT2D eigenvalue weighted by atomic mass is 10.2. The van der Waals surface area contributed by atoms with E-state index in [-0.39, 0.29) is 17.3 Å². The fraction of sp³-hybridized carbons (Fsp3) is 0.0667. The van der Waals surface area contributed by atoms with Crippen molar-refractivity contribution in [3.05, 3.63) is 58.6 Å². The quantitative estimate of drug-likeness (QED) is 0.709. The monoisotopic (exact) mass is 284 g/mol. The number of nitrogens with zero attached hydrogens (tertiary/aromatic N) is 2. The standard InChI is InChI=1S/C15H13FN4O/c1-20(13-5-3-2-4-11(13)16)15-18-12-7-6-9(17)8-10(12)14(21)19-15/h2-8H,17H2,1H3,(H,18,19,21). The Balaban J connectivity index is 2.15. The summed E-state index contributed by atoms with van der Waals surface area (Å²) in [5, 5.41) is 0.403. The van der Waals surface area contributed by atoms with E-state index in [0.717, 1.165) is 0 Å². The summed E-state index contributed by atoms with van der Waals surface area (Å²) in [5.41, 5.74) is 6.67. The van der Waals surface area contributed by atoms with Gasteiger partial charge in [-0.05, 0) is 30.3 Å². The second kappa shape index (κ2) is 4.90. The minimum absolute atomic E-state index is 0.266. The number of fused-ring (bicyclic) bond motifs is 1. The zero-order valence-electron chi connectivity index (χ0n) is 11.3. The molecule has 0 aliphatic rings. The number of hydrogen-bond donors (Lipinski definition) is 2. The molecule has 2 aromatic carbocycles. The van der Waals surface area contributed by atoms with Gasteiger partial charge in [0.1, 0.15) is 5.82 Å². The van der Waals surface area contributed by atoms with Gasteiger partial charge in [-0.2, -0.15) is 0 Å². The largest absolute Gasteiger partial charge is 0.399 e. The predicted octanol–water partition coefficient (Wildman–Crippen LogP) is 2.41. The Kier molecular flexibility index (Phi) is 3.06. The maximum absolute atomic E-state index is 13.8. The van der Waals surface area contributed by atoms with Crippen LogP contribution in [0.1, 0.15) is 0 Å². The minimum Gasteiger partial charge on any atom is -0.399 e. The van der Waals surface area contributed by atoms with Crippen molar-refractivity contribution in [2.75, 3.05) is 17.7 Å². The van der Waals surface area contributed by atoms with Crippen molar-refractivity contribution in [2.45, 2.75) is 0 Å². The molecule has 6 heteroatoms. The molecule has 0 bridgehead atoms. The average Bonchev–Trinajstić information content (AvgIpc) is 2.47. The predicted molar refractivity (Wildman–Crippen MR) is 81.2 cm³/mol. The van der Waals surface area contributed by atoms with Crippen molar-refractivity contribution in [1.29, 1.82) is 0 Å². The number of para-hydroxylation sites is 1. The molecular formula is C15H13FN4O. The molecular weight excluding hydrogens is 271 g/mol.